The number of nitrogen functional groups attached to an aromatic ring is 1. The van der Waals surface area contributed by atoms with E-state index in [1.165, 1.54) is 12.3 Å². The van der Waals surface area contributed by atoms with E-state index < -0.39 is 5.82 Å². The van der Waals surface area contributed by atoms with Crippen molar-refractivity contribution in [2.75, 3.05) is 5.73 Å². The third kappa shape index (κ3) is 2.37. The Hall–Kier alpha value is -2.23. The molecule has 0 bridgehead atoms. The van der Waals surface area contributed by atoms with Gasteiger partial charge in [0.15, 0.2) is 5.78 Å². The first-order valence-electron chi connectivity index (χ1n) is 5.56. The molecule has 0 aliphatic carbocycles. The normalized spacial score (nSPS) is 10.3. The number of pyridine rings is 1. The van der Waals surface area contributed by atoms with E-state index >= 15 is 0 Å². The molecule has 0 aliphatic rings. The zero-order valence-electron chi connectivity index (χ0n) is 9.98. The van der Waals surface area contributed by atoms with E-state index in [-0.39, 0.29) is 17.8 Å². The van der Waals surface area contributed by atoms with E-state index in [1.807, 2.05) is 0 Å². The number of aromatic nitrogens is 1. The summed E-state index contributed by atoms with van der Waals surface area (Å²) in [7, 11) is 0. The number of rotatable bonds is 3. The first-order chi connectivity index (χ1) is 8.59. The number of aryl methyl sites for hydroxylation is 1. The van der Waals surface area contributed by atoms with Crippen molar-refractivity contribution in [3.8, 4) is 0 Å². The zero-order chi connectivity index (χ0) is 13.1. The molecule has 2 N–H and O–H groups in total. The Bertz CT molecular complexity index is 596. The maximum atomic E-state index is 13.8. The average molecular weight is 244 g/mol. The highest BCUT2D eigenvalue weighted by Gasteiger charge is 2.14. The SMILES string of the molecule is Cc1cccc(C(=O)Cc2cnccc2N)c1F. The van der Waals surface area contributed by atoms with Crippen molar-refractivity contribution in [2.45, 2.75) is 13.3 Å². The van der Waals surface area contributed by atoms with Crippen LogP contribution in [0.3, 0.4) is 0 Å². The summed E-state index contributed by atoms with van der Waals surface area (Å²) in [6.45, 7) is 1.63. The molecule has 3 nitrogen and oxygen atoms in total. The molecule has 18 heavy (non-hydrogen) atoms. The van der Waals surface area contributed by atoms with Crippen LogP contribution in [-0.4, -0.2) is 10.8 Å². The Morgan fingerprint density at radius 1 is 1.39 bits per heavy atom. The molecule has 2 rings (SSSR count). The summed E-state index contributed by atoms with van der Waals surface area (Å²) in [5.74, 6) is -0.763. The Kier molecular flexibility index (Phi) is 3.37. The molecule has 0 spiro atoms. The van der Waals surface area contributed by atoms with Gasteiger partial charge >= 0.3 is 0 Å². The van der Waals surface area contributed by atoms with E-state index in [9.17, 15) is 9.18 Å². The maximum absolute atomic E-state index is 13.8. The molecule has 1 heterocycles. The molecular weight excluding hydrogens is 231 g/mol. The summed E-state index contributed by atoms with van der Waals surface area (Å²) in [6.07, 6.45) is 3.14. The number of hydrogen-bond acceptors (Lipinski definition) is 3. The first kappa shape index (κ1) is 12.2. The van der Waals surface area contributed by atoms with Crippen LogP contribution in [-0.2, 0) is 6.42 Å². The molecular formula is C14H13FN2O. The lowest BCUT2D eigenvalue weighted by Crippen LogP contribution is -2.09. The van der Waals surface area contributed by atoms with Crippen LogP contribution in [0.2, 0.25) is 0 Å². The molecule has 1 aromatic heterocycles. The second-order valence-electron chi connectivity index (χ2n) is 4.11. The minimum Gasteiger partial charge on any atom is -0.398 e. The number of halogens is 1. The van der Waals surface area contributed by atoms with Crippen molar-refractivity contribution in [1.29, 1.82) is 0 Å². The lowest BCUT2D eigenvalue weighted by atomic mass is 10.0. The van der Waals surface area contributed by atoms with Gasteiger partial charge in [0.1, 0.15) is 5.82 Å². The summed E-state index contributed by atoms with van der Waals surface area (Å²) in [6, 6.07) is 6.40. The minimum atomic E-state index is -0.468. The molecule has 0 saturated heterocycles. The molecule has 0 amide bonds. The van der Waals surface area contributed by atoms with Gasteiger partial charge in [0.05, 0.1) is 5.56 Å². The molecule has 0 aliphatic heterocycles. The van der Waals surface area contributed by atoms with Crippen LogP contribution in [0.15, 0.2) is 36.7 Å². The largest absolute Gasteiger partial charge is 0.398 e. The summed E-state index contributed by atoms with van der Waals surface area (Å²) < 4.78 is 13.8. The number of nitrogens with zero attached hydrogens (tertiary/aromatic N) is 1. The second-order valence-corrected chi connectivity index (χ2v) is 4.11. The average Bonchev–Trinajstić information content (AvgIpc) is 2.35. The summed E-state index contributed by atoms with van der Waals surface area (Å²) in [5, 5.41) is 0. The fourth-order valence-corrected chi connectivity index (χ4v) is 1.72. The number of carbonyl (C=O) groups excluding carboxylic acids is 1. The van der Waals surface area contributed by atoms with Crippen LogP contribution >= 0.6 is 0 Å². The third-order valence-corrected chi connectivity index (χ3v) is 2.78. The van der Waals surface area contributed by atoms with Gasteiger partial charge in [0, 0.05) is 30.1 Å². The monoisotopic (exact) mass is 244 g/mol. The molecule has 0 fully saturated rings. The number of Topliss-reactive ketones (excluding diaryl/α,β-unsaturated/α-hetero) is 1. The fourth-order valence-electron chi connectivity index (χ4n) is 1.72. The maximum Gasteiger partial charge on any atom is 0.170 e. The number of anilines is 1. The van der Waals surface area contributed by atoms with Gasteiger partial charge in [-0.05, 0) is 24.6 Å². The topological polar surface area (TPSA) is 56.0 Å². The highest BCUT2D eigenvalue weighted by Crippen LogP contribution is 2.17. The Morgan fingerprint density at radius 2 is 2.17 bits per heavy atom. The number of carbonyl (C=O) groups is 1. The van der Waals surface area contributed by atoms with Gasteiger partial charge in [-0.15, -0.1) is 0 Å². The predicted octanol–water partition coefficient (Wildman–Crippen LogP) is 2.54. The van der Waals surface area contributed by atoms with Crippen LogP contribution in [0.1, 0.15) is 21.5 Å². The quantitative estimate of drug-likeness (QED) is 0.844. The van der Waals surface area contributed by atoms with Crippen molar-refractivity contribution in [1.82, 2.24) is 4.98 Å². The number of benzene rings is 1. The number of ketones is 1. The van der Waals surface area contributed by atoms with Gasteiger partial charge in [0.25, 0.3) is 0 Å². The Labute approximate surface area is 104 Å². The molecule has 0 atom stereocenters. The molecule has 0 saturated carbocycles. The third-order valence-electron chi connectivity index (χ3n) is 2.78. The van der Waals surface area contributed by atoms with E-state index in [4.69, 9.17) is 5.73 Å². The number of nitrogens with two attached hydrogens (primary N) is 1. The van der Waals surface area contributed by atoms with Gasteiger partial charge in [-0.25, -0.2) is 4.39 Å². The van der Waals surface area contributed by atoms with Crippen molar-refractivity contribution in [3.05, 3.63) is 59.2 Å². The van der Waals surface area contributed by atoms with Gasteiger partial charge in [0.2, 0.25) is 0 Å². The molecule has 4 heteroatoms. The summed E-state index contributed by atoms with van der Waals surface area (Å²) >= 11 is 0. The van der Waals surface area contributed by atoms with Crippen molar-refractivity contribution < 1.29 is 9.18 Å². The smallest absolute Gasteiger partial charge is 0.170 e. The molecule has 92 valence electrons. The standard InChI is InChI=1S/C14H13FN2O/c1-9-3-2-4-11(14(9)15)13(18)7-10-8-17-6-5-12(10)16/h2-6,8H,7H2,1H3,(H2,16,17). The van der Waals surface area contributed by atoms with E-state index in [1.54, 1.807) is 31.3 Å². The van der Waals surface area contributed by atoms with Gasteiger partial charge in [-0.3, -0.25) is 9.78 Å². The van der Waals surface area contributed by atoms with Gasteiger partial charge < -0.3 is 5.73 Å². The highest BCUT2D eigenvalue weighted by molar-refractivity contribution is 5.98. The van der Waals surface area contributed by atoms with Crippen LogP contribution < -0.4 is 5.73 Å². The van der Waals surface area contributed by atoms with Crippen LogP contribution in [0.5, 0.6) is 0 Å². The second kappa shape index (κ2) is 4.96. The number of hydrogen-bond donors (Lipinski definition) is 1. The van der Waals surface area contributed by atoms with Crippen LogP contribution in [0.4, 0.5) is 10.1 Å². The summed E-state index contributed by atoms with van der Waals surface area (Å²) in [5.41, 5.74) is 7.39. The minimum absolute atomic E-state index is 0.0556. The lowest BCUT2D eigenvalue weighted by molar-refractivity contribution is 0.0989. The molecule has 2 aromatic rings. The van der Waals surface area contributed by atoms with E-state index in [2.05, 4.69) is 4.98 Å². The van der Waals surface area contributed by atoms with Crippen molar-refractivity contribution >= 4 is 11.5 Å². The zero-order valence-corrected chi connectivity index (χ0v) is 9.98. The Balaban J connectivity index is 2.28. The molecule has 1 aromatic carbocycles. The lowest BCUT2D eigenvalue weighted by Gasteiger charge is -2.06. The van der Waals surface area contributed by atoms with E-state index in [0.717, 1.165) is 0 Å². The fraction of sp³-hybridized carbons (Fsp3) is 0.143. The van der Waals surface area contributed by atoms with Crippen LogP contribution in [0, 0.1) is 12.7 Å². The first-order valence-corrected chi connectivity index (χ1v) is 5.56. The Morgan fingerprint density at radius 3 is 2.89 bits per heavy atom. The predicted molar refractivity (Wildman–Crippen MR) is 67.8 cm³/mol. The van der Waals surface area contributed by atoms with Crippen molar-refractivity contribution in [2.24, 2.45) is 0 Å². The van der Waals surface area contributed by atoms with Gasteiger partial charge in [-0.1, -0.05) is 12.1 Å². The molecule has 0 unspecified atom stereocenters. The van der Waals surface area contributed by atoms with E-state index in [0.29, 0.717) is 16.8 Å². The molecule has 0 radical (unpaired) electrons. The highest BCUT2D eigenvalue weighted by atomic mass is 19.1. The van der Waals surface area contributed by atoms with Crippen LogP contribution in [0.25, 0.3) is 0 Å². The van der Waals surface area contributed by atoms with Crippen molar-refractivity contribution in [3.63, 3.8) is 0 Å². The summed E-state index contributed by atoms with van der Waals surface area (Å²) in [4.78, 5) is 15.9. The van der Waals surface area contributed by atoms with Gasteiger partial charge in [-0.2, -0.15) is 0 Å².